The summed E-state index contributed by atoms with van der Waals surface area (Å²) in [4.78, 5) is 1.84. The number of anilines is 1. The molecule has 0 aliphatic heterocycles. The summed E-state index contributed by atoms with van der Waals surface area (Å²) < 4.78 is 1.70. The predicted octanol–water partition coefficient (Wildman–Crippen LogP) is 2.42. The van der Waals surface area contributed by atoms with E-state index >= 15 is 0 Å². The minimum absolute atomic E-state index is 0.614. The molecule has 0 atom stereocenters. The summed E-state index contributed by atoms with van der Waals surface area (Å²) in [5, 5.41) is 13.8. The number of thioether (sulfide) groups is 1. The lowest BCUT2D eigenvalue weighted by Gasteiger charge is -1.99. The average molecular weight is 313 g/mol. The van der Waals surface area contributed by atoms with E-state index in [1.165, 1.54) is 11.3 Å². The van der Waals surface area contributed by atoms with E-state index in [9.17, 15) is 0 Å². The molecule has 0 amide bonds. The smallest absolute Gasteiger partial charge is 0.236 e. The second-order valence-electron chi connectivity index (χ2n) is 3.60. The van der Waals surface area contributed by atoms with E-state index in [2.05, 4.69) is 20.7 Å². The summed E-state index contributed by atoms with van der Waals surface area (Å²) in [6, 6.07) is 7.67. The number of nitrogens with two attached hydrogens (primary N) is 1. The number of halogens is 1. The SMILES string of the molecule is NNc1nn2c(CSc3ccc(Cl)cc3)nnc2s1. The summed E-state index contributed by atoms with van der Waals surface area (Å²) in [5.41, 5.74) is 2.51. The van der Waals surface area contributed by atoms with Crippen LogP contribution >= 0.6 is 34.7 Å². The van der Waals surface area contributed by atoms with Crippen LogP contribution in [-0.2, 0) is 5.75 Å². The van der Waals surface area contributed by atoms with Gasteiger partial charge in [-0.2, -0.15) is 4.52 Å². The lowest BCUT2D eigenvalue weighted by molar-refractivity contribution is 0.884. The second-order valence-corrected chi connectivity index (χ2v) is 6.05. The maximum atomic E-state index is 5.85. The van der Waals surface area contributed by atoms with Crippen molar-refractivity contribution in [2.45, 2.75) is 10.6 Å². The van der Waals surface area contributed by atoms with E-state index in [0.717, 1.165) is 20.7 Å². The Hall–Kier alpha value is -1.35. The van der Waals surface area contributed by atoms with Gasteiger partial charge in [-0.05, 0) is 24.3 Å². The number of nitrogens with one attached hydrogen (secondary N) is 1. The van der Waals surface area contributed by atoms with Crippen LogP contribution in [0.1, 0.15) is 5.82 Å². The highest BCUT2D eigenvalue weighted by atomic mass is 35.5. The fourth-order valence-corrected chi connectivity index (χ4v) is 3.08. The number of hydrazine groups is 1. The van der Waals surface area contributed by atoms with Gasteiger partial charge >= 0.3 is 0 Å². The molecule has 0 fully saturated rings. The Kier molecular flexibility index (Phi) is 3.56. The molecule has 0 bridgehead atoms. The number of aromatic nitrogens is 4. The molecule has 0 unspecified atom stereocenters. The Labute approximate surface area is 121 Å². The Morgan fingerprint density at radius 3 is 2.84 bits per heavy atom. The van der Waals surface area contributed by atoms with Crippen molar-refractivity contribution in [3.63, 3.8) is 0 Å². The van der Waals surface area contributed by atoms with Gasteiger partial charge < -0.3 is 0 Å². The van der Waals surface area contributed by atoms with Crippen molar-refractivity contribution < 1.29 is 0 Å². The molecule has 2 heterocycles. The normalized spacial score (nSPS) is 11.1. The highest BCUT2D eigenvalue weighted by molar-refractivity contribution is 7.98. The van der Waals surface area contributed by atoms with Crippen LogP contribution in [0.4, 0.5) is 5.13 Å². The van der Waals surface area contributed by atoms with E-state index in [1.54, 1.807) is 16.3 Å². The van der Waals surface area contributed by atoms with Gasteiger partial charge in [-0.1, -0.05) is 22.9 Å². The molecule has 0 saturated heterocycles. The number of rotatable bonds is 4. The van der Waals surface area contributed by atoms with Gasteiger partial charge in [0.2, 0.25) is 10.1 Å². The molecule has 6 nitrogen and oxygen atoms in total. The molecule has 0 aliphatic rings. The third kappa shape index (κ3) is 2.66. The first kappa shape index (κ1) is 12.7. The van der Waals surface area contributed by atoms with E-state index in [0.29, 0.717) is 10.9 Å². The third-order valence-corrected chi connectivity index (χ3v) is 4.45. The lowest BCUT2D eigenvalue weighted by atomic mass is 10.4. The van der Waals surface area contributed by atoms with Gasteiger partial charge in [0, 0.05) is 9.92 Å². The van der Waals surface area contributed by atoms with Crippen molar-refractivity contribution in [2.75, 3.05) is 5.43 Å². The van der Waals surface area contributed by atoms with E-state index in [1.807, 2.05) is 24.3 Å². The van der Waals surface area contributed by atoms with Gasteiger partial charge in [0.1, 0.15) is 0 Å². The average Bonchev–Trinajstić information content (AvgIpc) is 2.98. The predicted molar refractivity (Wildman–Crippen MR) is 77.5 cm³/mol. The number of benzene rings is 1. The zero-order valence-corrected chi connectivity index (χ0v) is 12.0. The van der Waals surface area contributed by atoms with Crippen LogP contribution < -0.4 is 11.3 Å². The molecule has 9 heteroatoms. The van der Waals surface area contributed by atoms with Crippen molar-refractivity contribution in [1.29, 1.82) is 0 Å². The highest BCUT2D eigenvalue weighted by Gasteiger charge is 2.11. The van der Waals surface area contributed by atoms with Crippen molar-refractivity contribution in [1.82, 2.24) is 19.8 Å². The summed E-state index contributed by atoms with van der Waals surface area (Å²) in [7, 11) is 0. The zero-order chi connectivity index (χ0) is 13.2. The van der Waals surface area contributed by atoms with Crippen LogP contribution in [0.15, 0.2) is 29.2 Å². The number of hydrogen-bond donors (Lipinski definition) is 2. The van der Waals surface area contributed by atoms with Gasteiger partial charge in [-0.3, -0.25) is 5.43 Å². The van der Waals surface area contributed by atoms with Crippen LogP contribution in [0.2, 0.25) is 5.02 Å². The van der Waals surface area contributed by atoms with Gasteiger partial charge in [-0.25, -0.2) is 5.84 Å². The van der Waals surface area contributed by atoms with Crippen molar-refractivity contribution in [3.05, 3.63) is 35.1 Å². The summed E-state index contributed by atoms with van der Waals surface area (Å²) in [5.74, 6) is 6.78. The topological polar surface area (TPSA) is 81.1 Å². The second kappa shape index (κ2) is 5.33. The largest absolute Gasteiger partial charge is 0.298 e. The Balaban J connectivity index is 1.77. The number of nitrogen functional groups attached to an aromatic ring is 1. The van der Waals surface area contributed by atoms with Crippen LogP contribution in [0.5, 0.6) is 0 Å². The molecule has 0 saturated carbocycles. The molecule has 1 aromatic carbocycles. The van der Waals surface area contributed by atoms with Crippen LogP contribution in [0.25, 0.3) is 4.96 Å². The summed E-state index contributed by atoms with van der Waals surface area (Å²) in [6.07, 6.45) is 0. The lowest BCUT2D eigenvalue weighted by Crippen LogP contribution is -2.07. The standard InChI is InChI=1S/C10H9ClN6S2/c11-6-1-3-7(4-2-6)18-5-8-14-15-10-17(8)16-9(13-12)19-10/h1-4H,5,12H2,(H,13,16). The molecular formula is C10H9ClN6S2. The first-order valence-electron chi connectivity index (χ1n) is 5.32. The minimum atomic E-state index is 0.614. The first-order valence-corrected chi connectivity index (χ1v) is 7.50. The van der Waals surface area contributed by atoms with E-state index in [-0.39, 0.29) is 0 Å². The Bertz CT molecular complexity index is 692. The number of nitrogens with zero attached hydrogens (tertiary/aromatic N) is 4. The highest BCUT2D eigenvalue weighted by Crippen LogP contribution is 2.25. The van der Waals surface area contributed by atoms with Gasteiger partial charge in [0.05, 0.1) is 5.75 Å². The number of fused-ring (bicyclic) bond motifs is 1. The summed E-state index contributed by atoms with van der Waals surface area (Å²) in [6.45, 7) is 0. The molecule has 0 radical (unpaired) electrons. The molecule has 3 N–H and O–H groups in total. The fourth-order valence-electron chi connectivity index (χ4n) is 1.48. The van der Waals surface area contributed by atoms with E-state index < -0.39 is 0 Å². The monoisotopic (exact) mass is 312 g/mol. The third-order valence-electron chi connectivity index (χ3n) is 2.36. The van der Waals surface area contributed by atoms with Crippen molar-refractivity contribution in [2.24, 2.45) is 5.84 Å². The Morgan fingerprint density at radius 2 is 2.11 bits per heavy atom. The molecule has 19 heavy (non-hydrogen) atoms. The van der Waals surface area contributed by atoms with Crippen LogP contribution in [0.3, 0.4) is 0 Å². The van der Waals surface area contributed by atoms with Gasteiger partial charge in [0.15, 0.2) is 5.82 Å². The van der Waals surface area contributed by atoms with Crippen molar-refractivity contribution in [3.8, 4) is 0 Å². The summed E-state index contributed by atoms with van der Waals surface area (Å²) >= 11 is 8.85. The van der Waals surface area contributed by atoms with Crippen LogP contribution in [-0.4, -0.2) is 19.8 Å². The molecule has 2 aromatic heterocycles. The minimum Gasteiger partial charge on any atom is -0.298 e. The zero-order valence-electron chi connectivity index (χ0n) is 9.58. The van der Waals surface area contributed by atoms with Crippen LogP contribution in [0, 0.1) is 0 Å². The molecular weight excluding hydrogens is 304 g/mol. The molecule has 0 spiro atoms. The fraction of sp³-hybridized carbons (Fsp3) is 0.100. The first-order chi connectivity index (χ1) is 9.26. The van der Waals surface area contributed by atoms with Crippen molar-refractivity contribution >= 4 is 44.8 Å². The molecule has 3 rings (SSSR count). The molecule has 3 aromatic rings. The molecule has 98 valence electrons. The maximum Gasteiger partial charge on any atom is 0.236 e. The van der Waals surface area contributed by atoms with Gasteiger partial charge in [-0.15, -0.1) is 27.1 Å². The van der Waals surface area contributed by atoms with Gasteiger partial charge in [0.25, 0.3) is 0 Å². The Morgan fingerprint density at radius 1 is 1.32 bits per heavy atom. The quantitative estimate of drug-likeness (QED) is 0.437. The van der Waals surface area contributed by atoms with E-state index in [4.69, 9.17) is 17.4 Å². The molecule has 0 aliphatic carbocycles. The maximum absolute atomic E-state index is 5.85. The number of hydrogen-bond acceptors (Lipinski definition) is 7.